The molecule has 3 rings (SSSR count). The number of amides is 2. The summed E-state index contributed by atoms with van der Waals surface area (Å²) in [6.45, 7) is 1.59. The van der Waals surface area contributed by atoms with Gasteiger partial charge in [0.25, 0.3) is 0 Å². The quantitative estimate of drug-likeness (QED) is 0.603. The van der Waals surface area contributed by atoms with Gasteiger partial charge < -0.3 is 11.1 Å². The highest BCUT2D eigenvalue weighted by Gasteiger charge is 2.30. The molecule has 1 saturated heterocycles. The van der Waals surface area contributed by atoms with Crippen LogP contribution < -0.4 is 11.1 Å². The molecule has 2 atom stereocenters. The van der Waals surface area contributed by atoms with Gasteiger partial charge in [0.05, 0.1) is 21.6 Å². The monoisotopic (exact) mass is 429 g/mol. The number of primary amides is 1. The molecule has 27 heavy (non-hydrogen) atoms. The minimum absolute atomic E-state index is 0.0312. The number of thiophene rings is 1. The van der Waals surface area contributed by atoms with Crippen molar-refractivity contribution in [2.45, 2.75) is 36.3 Å². The molecule has 2 aromatic rings. The second-order valence-corrected chi connectivity index (χ2v) is 10.7. The van der Waals surface area contributed by atoms with Crippen LogP contribution in [0, 0.1) is 0 Å². The lowest BCUT2D eigenvalue weighted by molar-refractivity contribution is -0.121. The number of nitrogens with zero attached hydrogens (tertiary/aromatic N) is 3. The van der Waals surface area contributed by atoms with Gasteiger partial charge in [-0.2, -0.15) is 0 Å². The summed E-state index contributed by atoms with van der Waals surface area (Å²) in [6.07, 6.45) is 0.422. The van der Waals surface area contributed by atoms with Crippen LogP contribution in [0.4, 0.5) is 0 Å². The molecule has 2 unspecified atom stereocenters. The Kier molecular flexibility index (Phi) is 5.86. The number of rotatable bonds is 7. The number of hydrogen-bond acceptors (Lipinski definition) is 8. The second kappa shape index (κ2) is 7.98. The van der Waals surface area contributed by atoms with Crippen molar-refractivity contribution in [3.05, 3.63) is 17.5 Å². The fourth-order valence-corrected chi connectivity index (χ4v) is 5.95. The number of carbonyl (C=O) groups is 2. The van der Waals surface area contributed by atoms with Crippen LogP contribution in [0.25, 0.3) is 10.7 Å². The lowest BCUT2D eigenvalue weighted by Crippen LogP contribution is -2.40. The van der Waals surface area contributed by atoms with Crippen LogP contribution in [0.2, 0.25) is 0 Å². The van der Waals surface area contributed by atoms with Crippen molar-refractivity contribution in [3.63, 3.8) is 0 Å². The van der Waals surface area contributed by atoms with Gasteiger partial charge in [0.1, 0.15) is 6.54 Å². The summed E-state index contributed by atoms with van der Waals surface area (Å²) in [5.41, 5.74) is 5.34. The van der Waals surface area contributed by atoms with E-state index in [0.717, 1.165) is 16.6 Å². The van der Waals surface area contributed by atoms with Crippen LogP contribution in [0.15, 0.2) is 22.7 Å². The number of thioether (sulfide) groups is 1. The maximum absolute atomic E-state index is 12.4. The van der Waals surface area contributed by atoms with Crippen molar-refractivity contribution >= 4 is 44.8 Å². The Labute approximate surface area is 164 Å². The Bertz CT molecular complexity index is 939. The first kappa shape index (κ1) is 19.8. The summed E-state index contributed by atoms with van der Waals surface area (Å²) in [6, 6.07) is 3.36. The molecular weight excluding hydrogens is 410 g/mol. The Morgan fingerprint density at radius 3 is 2.85 bits per heavy atom. The lowest BCUT2D eigenvalue weighted by atomic mass is 10.2. The number of carbonyl (C=O) groups excluding carboxylic acids is 2. The van der Waals surface area contributed by atoms with Gasteiger partial charge >= 0.3 is 0 Å². The molecule has 0 aromatic carbocycles. The molecule has 0 spiro atoms. The highest BCUT2D eigenvalue weighted by Crippen LogP contribution is 2.29. The molecular formula is C15H19N5O4S3. The van der Waals surface area contributed by atoms with E-state index in [2.05, 4.69) is 15.5 Å². The molecule has 0 saturated carbocycles. The Hall–Kier alpha value is -1.92. The smallest absolute Gasteiger partial charge is 0.237 e. The zero-order valence-electron chi connectivity index (χ0n) is 14.5. The maximum Gasteiger partial charge on any atom is 0.237 e. The van der Waals surface area contributed by atoms with Crippen molar-refractivity contribution in [1.82, 2.24) is 20.1 Å². The van der Waals surface area contributed by atoms with E-state index in [1.54, 1.807) is 11.5 Å². The number of aromatic nitrogens is 3. The van der Waals surface area contributed by atoms with E-state index in [-0.39, 0.29) is 30.0 Å². The number of nitrogens with two attached hydrogens (primary N) is 1. The summed E-state index contributed by atoms with van der Waals surface area (Å²) in [5.74, 6) is -0.246. The van der Waals surface area contributed by atoms with Gasteiger partial charge in [-0.3, -0.25) is 14.2 Å². The average Bonchev–Trinajstić information content (AvgIpc) is 3.29. The first-order valence-corrected chi connectivity index (χ1v) is 11.8. The first-order chi connectivity index (χ1) is 12.7. The fraction of sp³-hybridized carbons (Fsp3) is 0.467. The molecule has 0 radical (unpaired) electrons. The topological polar surface area (TPSA) is 137 Å². The first-order valence-electron chi connectivity index (χ1n) is 8.18. The second-order valence-electron chi connectivity index (χ2n) is 6.20. The van der Waals surface area contributed by atoms with Crippen LogP contribution >= 0.6 is 23.1 Å². The van der Waals surface area contributed by atoms with E-state index in [4.69, 9.17) is 5.73 Å². The van der Waals surface area contributed by atoms with Crippen LogP contribution in [0.1, 0.15) is 13.3 Å². The predicted molar refractivity (Wildman–Crippen MR) is 103 cm³/mol. The summed E-state index contributed by atoms with van der Waals surface area (Å²) in [5, 5.41) is 12.7. The predicted octanol–water partition coefficient (Wildman–Crippen LogP) is 0.276. The summed E-state index contributed by atoms with van der Waals surface area (Å²) < 4.78 is 24.6. The van der Waals surface area contributed by atoms with Gasteiger partial charge in [0.2, 0.25) is 11.8 Å². The fourth-order valence-electron chi connectivity index (χ4n) is 2.70. The maximum atomic E-state index is 12.4. The molecule has 2 aromatic heterocycles. The molecule has 9 nitrogen and oxygen atoms in total. The average molecular weight is 430 g/mol. The highest BCUT2D eigenvalue weighted by molar-refractivity contribution is 8.00. The van der Waals surface area contributed by atoms with Crippen molar-refractivity contribution in [2.24, 2.45) is 5.73 Å². The molecule has 1 fully saturated rings. The minimum Gasteiger partial charge on any atom is -0.368 e. The molecule has 2 amide bonds. The van der Waals surface area contributed by atoms with E-state index < -0.39 is 21.0 Å². The summed E-state index contributed by atoms with van der Waals surface area (Å²) in [4.78, 5) is 24.7. The van der Waals surface area contributed by atoms with Crippen LogP contribution in [0.5, 0.6) is 0 Å². The van der Waals surface area contributed by atoms with E-state index in [1.807, 2.05) is 17.5 Å². The largest absolute Gasteiger partial charge is 0.368 e. The SMILES string of the molecule is CC(Sc1nnc(-c2cccs2)n1CC(N)=O)C(=O)NC1CCS(=O)(=O)C1. The van der Waals surface area contributed by atoms with Crippen molar-refractivity contribution in [3.8, 4) is 10.7 Å². The van der Waals surface area contributed by atoms with Gasteiger partial charge in [-0.25, -0.2) is 8.42 Å². The third-order valence-corrected chi connectivity index (χ3v) is 7.72. The molecule has 1 aliphatic heterocycles. The molecule has 0 bridgehead atoms. The van der Waals surface area contributed by atoms with Crippen LogP contribution in [-0.4, -0.2) is 57.8 Å². The molecule has 12 heteroatoms. The van der Waals surface area contributed by atoms with Gasteiger partial charge in [-0.15, -0.1) is 21.5 Å². The normalized spacial score (nSPS) is 19.7. The molecule has 0 aliphatic carbocycles. The zero-order valence-corrected chi connectivity index (χ0v) is 16.9. The summed E-state index contributed by atoms with van der Waals surface area (Å²) >= 11 is 2.60. The van der Waals surface area contributed by atoms with Crippen molar-refractivity contribution in [2.75, 3.05) is 11.5 Å². The number of sulfone groups is 1. The third kappa shape index (κ3) is 4.87. The van der Waals surface area contributed by atoms with Crippen molar-refractivity contribution in [1.29, 1.82) is 0 Å². The Balaban J connectivity index is 1.72. The minimum atomic E-state index is -3.07. The van der Waals surface area contributed by atoms with E-state index in [9.17, 15) is 18.0 Å². The number of hydrogen-bond donors (Lipinski definition) is 2. The van der Waals surface area contributed by atoms with E-state index in [0.29, 0.717) is 17.4 Å². The standard InChI is InChI=1S/C15H19N5O4S3/c1-9(14(22)17-10-4-6-27(23,24)8-10)26-15-19-18-13(11-3-2-5-25-11)20(15)7-12(16)21/h2-3,5,9-10H,4,6-8H2,1H3,(H2,16,21)(H,17,22). The van der Waals surface area contributed by atoms with Gasteiger partial charge in [0, 0.05) is 6.04 Å². The molecule has 146 valence electrons. The molecule has 3 N–H and O–H groups in total. The van der Waals surface area contributed by atoms with Crippen LogP contribution in [0.3, 0.4) is 0 Å². The number of nitrogens with one attached hydrogen (secondary N) is 1. The van der Waals surface area contributed by atoms with E-state index >= 15 is 0 Å². The van der Waals surface area contributed by atoms with Gasteiger partial charge in [-0.1, -0.05) is 17.8 Å². The van der Waals surface area contributed by atoms with E-state index in [1.165, 1.54) is 11.3 Å². The van der Waals surface area contributed by atoms with Crippen molar-refractivity contribution < 1.29 is 18.0 Å². The highest BCUT2D eigenvalue weighted by atomic mass is 32.2. The zero-order chi connectivity index (χ0) is 19.6. The lowest BCUT2D eigenvalue weighted by Gasteiger charge is -2.15. The van der Waals surface area contributed by atoms with Gasteiger partial charge in [0.15, 0.2) is 20.8 Å². The molecule has 3 heterocycles. The Morgan fingerprint density at radius 1 is 1.48 bits per heavy atom. The Morgan fingerprint density at radius 2 is 2.26 bits per heavy atom. The van der Waals surface area contributed by atoms with Gasteiger partial charge in [-0.05, 0) is 24.8 Å². The third-order valence-electron chi connectivity index (χ3n) is 4.00. The molecule has 1 aliphatic rings. The summed E-state index contributed by atoms with van der Waals surface area (Å²) in [7, 11) is -3.07. The van der Waals surface area contributed by atoms with Crippen LogP contribution in [-0.2, 0) is 26.0 Å².